The lowest BCUT2D eigenvalue weighted by Crippen LogP contribution is -2.34. The molecule has 1 aliphatic heterocycles. The fourth-order valence-corrected chi connectivity index (χ4v) is 4.94. The third-order valence-corrected chi connectivity index (χ3v) is 7.07. The number of aromatic carboxylic acids is 1. The molecule has 0 aliphatic carbocycles. The number of fused-ring (bicyclic) bond motifs is 1. The third kappa shape index (κ3) is 7.04. The van der Waals surface area contributed by atoms with Crippen LogP contribution in [0, 0.1) is 0 Å². The van der Waals surface area contributed by atoms with E-state index in [0.717, 1.165) is 56.4 Å². The highest BCUT2D eigenvalue weighted by molar-refractivity contribution is 6.06. The van der Waals surface area contributed by atoms with Crippen molar-refractivity contribution in [3.63, 3.8) is 0 Å². The topological polar surface area (TPSA) is 73.7 Å². The molecule has 0 radical (unpaired) electrons. The molecule has 0 saturated heterocycles. The van der Waals surface area contributed by atoms with Crippen LogP contribution in [0.25, 0.3) is 0 Å². The van der Waals surface area contributed by atoms with Crippen LogP contribution in [0.1, 0.15) is 89.3 Å². The van der Waals surface area contributed by atoms with Gasteiger partial charge in [0.1, 0.15) is 0 Å². The van der Waals surface area contributed by atoms with E-state index in [0.29, 0.717) is 24.6 Å². The van der Waals surface area contributed by atoms with Crippen molar-refractivity contribution in [2.75, 3.05) is 18.0 Å². The molecular weight excluding hydrogens is 462 g/mol. The first-order valence-electron chi connectivity index (χ1n) is 13.3. The van der Waals surface area contributed by atoms with Crippen LogP contribution in [0.4, 0.5) is 5.69 Å². The van der Waals surface area contributed by atoms with Crippen molar-refractivity contribution in [3.8, 4) is 0 Å². The summed E-state index contributed by atoms with van der Waals surface area (Å²) in [6.07, 6.45) is 8.57. The second kappa shape index (κ2) is 12.6. The van der Waals surface area contributed by atoms with Crippen LogP contribution in [0.2, 0.25) is 0 Å². The van der Waals surface area contributed by atoms with Crippen LogP contribution < -0.4 is 4.90 Å². The molecule has 37 heavy (non-hydrogen) atoms. The summed E-state index contributed by atoms with van der Waals surface area (Å²) in [5.41, 5.74) is 4.95. The second-order valence-electron chi connectivity index (χ2n) is 10.2. The molecule has 0 bridgehead atoms. The lowest BCUT2D eigenvalue weighted by molar-refractivity contribution is 0.0696. The largest absolute Gasteiger partial charge is 0.478 e. The van der Waals surface area contributed by atoms with E-state index in [4.69, 9.17) is 0 Å². The van der Waals surface area contributed by atoms with E-state index >= 15 is 0 Å². The van der Waals surface area contributed by atoms with Crippen molar-refractivity contribution in [1.29, 1.82) is 0 Å². The maximum absolute atomic E-state index is 13.6. The molecule has 3 aromatic rings. The van der Waals surface area contributed by atoms with Crippen LogP contribution in [0.15, 0.2) is 67.0 Å². The Morgan fingerprint density at radius 1 is 0.919 bits per heavy atom. The van der Waals surface area contributed by atoms with Crippen molar-refractivity contribution in [1.82, 2.24) is 9.88 Å². The summed E-state index contributed by atoms with van der Waals surface area (Å²) in [6.45, 7) is 7.23. The van der Waals surface area contributed by atoms with E-state index < -0.39 is 5.97 Å². The van der Waals surface area contributed by atoms with Crippen LogP contribution in [0.3, 0.4) is 0 Å². The number of pyridine rings is 1. The van der Waals surface area contributed by atoms with Crippen LogP contribution in [0.5, 0.6) is 0 Å². The van der Waals surface area contributed by atoms with Gasteiger partial charge in [-0.1, -0.05) is 57.4 Å². The predicted molar refractivity (Wildman–Crippen MR) is 147 cm³/mol. The summed E-state index contributed by atoms with van der Waals surface area (Å²) < 4.78 is 0. The number of rotatable bonds is 5. The van der Waals surface area contributed by atoms with Crippen LogP contribution in [-0.2, 0) is 13.1 Å². The standard InChI is InChI=1S/C31H37N3O3/c1-23(2)25-12-10-24(11-13-25)21-33-17-6-4-3-5-7-18-34(30(35)27-9-8-16-32-20-27)29-15-14-26(31(36)37)19-28(29)22-33/h8-16,19-20,23H,3-7,17-18,21-22H2,1-2H3,(H,36,37). The second-order valence-corrected chi connectivity index (χ2v) is 10.2. The fraction of sp³-hybridized carbons (Fsp3) is 0.387. The zero-order valence-electron chi connectivity index (χ0n) is 21.9. The number of carboxylic acid groups (broad SMARTS) is 1. The molecule has 0 spiro atoms. The number of hydrogen-bond donors (Lipinski definition) is 1. The number of carbonyl (C=O) groups excluding carboxylic acids is 1. The minimum absolute atomic E-state index is 0.106. The van der Waals surface area contributed by atoms with E-state index in [1.165, 1.54) is 11.1 Å². The van der Waals surface area contributed by atoms with E-state index in [1.807, 2.05) is 4.90 Å². The minimum atomic E-state index is -0.963. The van der Waals surface area contributed by atoms with Gasteiger partial charge < -0.3 is 10.0 Å². The van der Waals surface area contributed by atoms with Crippen LogP contribution in [-0.4, -0.2) is 40.0 Å². The van der Waals surface area contributed by atoms with E-state index in [1.54, 1.807) is 42.7 Å². The van der Waals surface area contributed by atoms with Crippen molar-refractivity contribution >= 4 is 17.6 Å². The van der Waals surface area contributed by atoms with Gasteiger partial charge in [-0.15, -0.1) is 0 Å². The molecule has 0 atom stereocenters. The van der Waals surface area contributed by atoms with Crippen LogP contribution >= 0.6 is 0 Å². The van der Waals surface area contributed by atoms with Gasteiger partial charge in [-0.2, -0.15) is 0 Å². The minimum Gasteiger partial charge on any atom is -0.478 e. The Morgan fingerprint density at radius 2 is 1.65 bits per heavy atom. The Balaban J connectivity index is 1.70. The molecule has 194 valence electrons. The summed E-state index contributed by atoms with van der Waals surface area (Å²) in [4.78, 5) is 33.8. The molecular formula is C31H37N3O3. The van der Waals surface area contributed by atoms with Gasteiger partial charge in [0.2, 0.25) is 0 Å². The first-order chi connectivity index (χ1) is 17.9. The van der Waals surface area contributed by atoms with E-state index in [2.05, 4.69) is 48.0 Å². The molecule has 6 nitrogen and oxygen atoms in total. The summed E-state index contributed by atoms with van der Waals surface area (Å²) in [6, 6.07) is 17.5. The Labute approximate surface area is 220 Å². The van der Waals surface area contributed by atoms with E-state index in [9.17, 15) is 14.7 Å². The van der Waals surface area contributed by atoms with Gasteiger partial charge in [0.15, 0.2) is 0 Å². The monoisotopic (exact) mass is 499 g/mol. The van der Waals surface area contributed by atoms with Crippen molar-refractivity contribution < 1.29 is 14.7 Å². The molecule has 1 aromatic heterocycles. The smallest absolute Gasteiger partial charge is 0.335 e. The van der Waals surface area contributed by atoms with Gasteiger partial charge >= 0.3 is 5.97 Å². The average molecular weight is 500 g/mol. The fourth-order valence-electron chi connectivity index (χ4n) is 4.94. The number of benzene rings is 2. The Hall–Kier alpha value is -3.51. The summed E-state index contributed by atoms with van der Waals surface area (Å²) >= 11 is 0. The van der Waals surface area contributed by atoms with Gasteiger partial charge in [-0.05, 0) is 72.3 Å². The van der Waals surface area contributed by atoms with Gasteiger partial charge in [-0.25, -0.2) is 4.79 Å². The lowest BCUT2D eigenvalue weighted by atomic mass is 10.0. The molecule has 4 rings (SSSR count). The molecule has 0 fully saturated rings. The zero-order valence-corrected chi connectivity index (χ0v) is 21.9. The molecule has 2 aromatic carbocycles. The quantitative estimate of drug-likeness (QED) is 0.433. The van der Waals surface area contributed by atoms with Crippen molar-refractivity contribution in [2.24, 2.45) is 0 Å². The first-order valence-corrected chi connectivity index (χ1v) is 13.3. The molecule has 1 N–H and O–H groups in total. The Bertz CT molecular complexity index is 1190. The summed E-state index contributed by atoms with van der Waals surface area (Å²) in [7, 11) is 0. The highest BCUT2D eigenvalue weighted by Gasteiger charge is 2.23. The predicted octanol–water partition coefficient (Wildman–Crippen LogP) is 6.52. The molecule has 0 saturated carbocycles. The van der Waals surface area contributed by atoms with Gasteiger partial charge in [-0.3, -0.25) is 14.7 Å². The number of aromatic nitrogens is 1. The number of amides is 1. The Morgan fingerprint density at radius 3 is 2.32 bits per heavy atom. The molecule has 1 aliphatic rings. The maximum Gasteiger partial charge on any atom is 0.335 e. The number of carboxylic acids is 1. The molecule has 6 heteroatoms. The van der Waals surface area contributed by atoms with Crippen molar-refractivity contribution in [3.05, 3.63) is 94.8 Å². The highest BCUT2D eigenvalue weighted by Crippen LogP contribution is 2.28. The maximum atomic E-state index is 13.6. The SMILES string of the molecule is CC(C)c1ccc(CN2CCCCCCCN(C(=O)c3cccnc3)c3ccc(C(=O)O)cc3C2)cc1. The third-order valence-electron chi connectivity index (χ3n) is 7.07. The lowest BCUT2D eigenvalue weighted by Gasteiger charge is -2.30. The highest BCUT2D eigenvalue weighted by atomic mass is 16.4. The van der Waals surface area contributed by atoms with Gasteiger partial charge in [0.05, 0.1) is 11.1 Å². The molecule has 1 amide bonds. The number of nitrogens with zero attached hydrogens (tertiary/aromatic N) is 3. The molecule has 0 unspecified atom stereocenters. The number of hydrogen-bond acceptors (Lipinski definition) is 4. The van der Waals surface area contributed by atoms with Gasteiger partial charge in [0, 0.05) is 37.7 Å². The van der Waals surface area contributed by atoms with Gasteiger partial charge in [0.25, 0.3) is 5.91 Å². The van der Waals surface area contributed by atoms with Crippen molar-refractivity contribution in [2.45, 2.75) is 65.0 Å². The number of carbonyl (C=O) groups is 2. The summed E-state index contributed by atoms with van der Waals surface area (Å²) in [5.74, 6) is -0.583. The summed E-state index contributed by atoms with van der Waals surface area (Å²) in [5, 5.41) is 9.72. The zero-order chi connectivity index (χ0) is 26.2. The normalized spacial score (nSPS) is 15.5. The molecule has 2 heterocycles. The van der Waals surface area contributed by atoms with E-state index in [-0.39, 0.29) is 11.5 Å². The first kappa shape index (κ1) is 26.6. The Kier molecular flexibility index (Phi) is 9.07. The average Bonchev–Trinajstić information content (AvgIpc) is 2.90. The number of anilines is 1.